The molecule has 5 rings (SSSR count). The van der Waals surface area contributed by atoms with Crippen LogP contribution in [0.3, 0.4) is 0 Å². The Morgan fingerprint density at radius 2 is 1.51 bits per heavy atom. The van der Waals surface area contributed by atoms with Gasteiger partial charge < -0.3 is 9.47 Å². The van der Waals surface area contributed by atoms with Crippen molar-refractivity contribution < 1.29 is 23.9 Å². The standard InChI is InChI=1S/C34H54O5/c1-10-38-28(37)34-17-15-29(3,4)20-22(34)27-23(36)19-25-31(7)13-12-26(39-21(2)35)30(5,6)24(31)11-14-32(25,8)33(27,9)16-18-34/h22,24-27H,10-20H2,1-9H3/t22-,24-,25+,26-,27?,31-,32+,33+,34-/m0/s1. The molecule has 9 atom stereocenters. The third-order valence-corrected chi connectivity index (χ3v) is 13.9. The first-order chi connectivity index (χ1) is 18.0. The van der Waals surface area contributed by atoms with E-state index >= 15 is 0 Å². The van der Waals surface area contributed by atoms with Gasteiger partial charge in [0.2, 0.25) is 0 Å². The van der Waals surface area contributed by atoms with Crippen LogP contribution in [-0.2, 0) is 23.9 Å². The zero-order valence-electron chi connectivity index (χ0n) is 26.2. The van der Waals surface area contributed by atoms with Gasteiger partial charge in [-0.2, -0.15) is 0 Å². The minimum absolute atomic E-state index is 0.0261. The minimum Gasteiger partial charge on any atom is -0.466 e. The Balaban J connectivity index is 1.55. The van der Waals surface area contributed by atoms with Gasteiger partial charge in [0.1, 0.15) is 11.9 Å². The van der Waals surface area contributed by atoms with Crippen LogP contribution in [-0.4, -0.2) is 30.4 Å². The van der Waals surface area contributed by atoms with Crippen molar-refractivity contribution in [3.8, 4) is 0 Å². The van der Waals surface area contributed by atoms with E-state index < -0.39 is 5.41 Å². The van der Waals surface area contributed by atoms with Crippen molar-refractivity contribution in [1.29, 1.82) is 0 Å². The van der Waals surface area contributed by atoms with Gasteiger partial charge in [-0.25, -0.2) is 0 Å². The second-order valence-corrected chi connectivity index (χ2v) is 16.4. The van der Waals surface area contributed by atoms with Gasteiger partial charge in [-0.15, -0.1) is 0 Å². The third kappa shape index (κ3) is 3.93. The summed E-state index contributed by atoms with van der Waals surface area (Å²) in [6.07, 6.45) is 9.16. The molecule has 0 heterocycles. The summed E-state index contributed by atoms with van der Waals surface area (Å²) >= 11 is 0. The molecular weight excluding hydrogens is 488 g/mol. The fraction of sp³-hybridized carbons (Fsp3) is 0.912. The van der Waals surface area contributed by atoms with Gasteiger partial charge in [0.25, 0.3) is 0 Å². The van der Waals surface area contributed by atoms with Gasteiger partial charge >= 0.3 is 11.9 Å². The summed E-state index contributed by atoms with van der Waals surface area (Å²) in [4.78, 5) is 40.2. The molecule has 0 amide bonds. The predicted molar refractivity (Wildman–Crippen MR) is 152 cm³/mol. The highest BCUT2D eigenvalue weighted by Crippen LogP contribution is 2.76. The lowest BCUT2D eigenvalue weighted by Gasteiger charge is -2.72. The Bertz CT molecular complexity index is 1040. The van der Waals surface area contributed by atoms with Gasteiger partial charge in [-0.05, 0) is 104 Å². The molecule has 5 aliphatic carbocycles. The Kier molecular flexibility index (Phi) is 6.76. The zero-order valence-corrected chi connectivity index (χ0v) is 26.2. The number of esters is 2. The predicted octanol–water partition coefficient (Wildman–Crippen LogP) is 7.54. The van der Waals surface area contributed by atoms with E-state index in [1.807, 2.05) is 6.92 Å². The first kappa shape index (κ1) is 29.1. The highest BCUT2D eigenvalue weighted by atomic mass is 16.5. The molecule has 0 saturated heterocycles. The molecule has 5 nitrogen and oxygen atoms in total. The highest BCUT2D eigenvalue weighted by Gasteiger charge is 2.73. The van der Waals surface area contributed by atoms with Crippen molar-refractivity contribution in [2.24, 2.45) is 56.2 Å². The molecule has 0 aliphatic heterocycles. The molecule has 5 saturated carbocycles. The molecule has 5 fully saturated rings. The molecule has 0 N–H and O–H groups in total. The molecule has 0 aromatic heterocycles. The van der Waals surface area contributed by atoms with E-state index in [-0.39, 0.29) is 57.0 Å². The molecule has 0 bridgehead atoms. The quantitative estimate of drug-likeness (QED) is 0.345. The monoisotopic (exact) mass is 542 g/mol. The van der Waals surface area contributed by atoms with Crippen LogP contribution in [0.1, 0.15) is 127 Å². The average molecular weight is 543 g/mol. The topological polar surface area (TPSA) is 69.7 Å². The molecular formula is C34H54O5. The first-order valence-corrected chi connectivity index (χ1v) is 15.9. The summed E-state index contributed by atoms with van der Waals surface area (Å²) in [5, 5.41) is 0. The summed E-state index contributed by atoms with van der Waals surface area (Å²) in [6.45, 7) is 20.4. The molecule has 0 radical (unpaired) electrons. The smallest absolute Gasteiger partial charge is 0.312 e. The summed E-state index contributed by atoms with van der Waals surface area (Å²) < 4.78 is 11.6. The summed E-state index contributed by atoms with van der Waals surface area (Å²) in [5.41, 5.74) is -0.590. The van der Waals surface area contributed by atoms with E-state index in [0.717, 1.165) is 57.8 Å². The average Bonchev–Trinajstić information content (AvgIpc) is 2.82. The SMILES string of the molecule is CCOC(=O)[C@]12CCC(C)(C)C[C@H]1C1C(=O)C[C@@H]3[C@@]4(C)CC[C@H](OC(C)=O)C(C)(C)[C@@H]4CC[C@@]3(C)[C@]1(C)CC2. The first-order valence-electron chi connectivity index (χ1n) is 15.9. The largest absolute Gasteiger partial charge is 0.466 e. The van der Waals surface area contributed by atoms with Gasteiger partial charge in [-0.1, -0.05) is 48.5 Å². The van der Waals surface area contributed by atoms with Gasteiger partial charge in [0.15, 0.2) is 0 Å². The van der Waals surface area contributed by atoms with Crippen LogP contribution in [0.5, 0.6) is 0 Å². The van der Waals surface area contributed by atoms with E-state index in [0.29, 0.717) is 30.6 Å². The summed E-state index contributed by atoms with van der Waals surface area (Å²) in [6, 6.07) is 0. The molecule has 5 aliphatic rings. The van der Waals surface area contributed by atoms with Crippen molar-refractivity contribution in [3.05, 3.63) is 0 Å². The normalized spacial score (nSPS) is 48.0. The molecule has 39 heavy (non-hydrogen) atoms. The number of hydrogen-bond donors (Lipinski definition) is 0. The van der Waals surface area contributed by atoms with Crippen LogP contribution >= 0.6 is 0 Å². The van der Waals surface area contributed by atoms with Crippen LogP contribution < -0.4 is 0 Å². The Hall–Kier alpha value is -1.39. The fourth-order valence-corrected chi connectivity index (χ4v) is 11.7. The summed E-state index contributed by atoms with van der Waals surface area (Å²) in [7, 11) is 0. The zero-order chi connectivity index (χ0) is 28.8. The van der Waals surface area contributed by atoms with Crippen molar-refractivity contribution in [3.63, 3.8) is 0 Å². The number of ketones is 1. The number of carbonyl (C=O) groups excluding carboxylic acids is 3. The van der Waals surface area contributed by atoms with Crippen molar-refractivity contribution >= 4 is 17.7 Å². The number of hydrogen-bond acceptors (Lipinski definition) is 5. The summed E-state index contributed by atoms with van der Waals surface area (Å²) in [5.74, 6) is 0.856. The molecule has 0 aromatic rings. The molecule has 220 valence electrons. The van der Waals surface area contributed by atoms with Crippen LogP contribution in [0.2, 0.25) is 0 Å². The van der Waals surface area contributed by atoms with Crippen LogP contribution in [0, 0.1) is 56.2 Å². The number of carbonyl (C=O) groups is 3. The Morgan fingerprint density at radius 1 is 0.846 bits per heavy atom. The highest BCUT2D eigenvalue weighted by molar-refractivity contribution is 5.86. The Morgan fingerprint density at radius 3 is 2.15 bits per heavy atom. The number of ether oxygens (including phenoxy) is 2. The molecule has 0 spiro atoms. The van der Waals surface area contributed by atoms with E-state index in [4.69, 9.17) is 9.47 Å². The number of Topliss-reactive ketones (excluding diaryl/α,β-unsaturated/α-hetero) is 1. The number of rotatable bonds is 3. The van der Waals surface area contributed by atoms with E-state index in [1.165, 1.54) is 6.92 Å². The molecule has 5 heteroatoms. The lowest BCUT2D eigenvalue weighted by Crippen LogP contribution is -2.70. The minimum atomic E-state index is -0.514. The van der Waals surface area contributed by atoms with Crippen LogP contribution in [0.4, 0.5) is 0 Å². The van der Waals surface area contributed by atoms with E-state index in [9.17, 15) is 14.4 Å². The second kappa shape index (κ2) is 9.05. The number of fused-ring (bicyclic) bond motifs is 7. The van der Waals surface area contributed by atoms with Crippen molar-refractivity contribution in [2.45, 2.75) is 133 Å². The van der Waals surface area contributed by atoms with E-state index in [2.05, 4.69) is 48.5 Å². The van der Waals surface area contributed by atoms with Crippen molar-refractivity contribution in [1.82, 2.24) is 0 Å². The lowest BCUT2D eigenvalue weighted by molar-refractivity contribution is -0.248. The lowest BCUT2D eigenvalue weighted by atomic mass is 9.31. The van der Waals surface area contributed by atoms with Crippen molar-refractivity contribution in [2.75, 3.05) is 6.61 Å². The fourth-order valence-electron chi connectivity index (χ4n) is 11.7. The maximum atomic E-state index is 14.6. The molecule has 0 aromatic carbocycles. The maximum absolute atomic E-state index is 14.6. The van der Waals surface area contributed by atoms with Crippen LogP contribution in [0.25, 0.3) is 0 Å². The third-order valence-electron chi connectivity index (χ3n) is 13.9. The maximum Gasteiger partial charge on any atom is 0.312 e. The van der Waals surface area contributed by atoms with Gasteiger partial charge in [0.05, 0.1) is 12.0 Å². The van der Waals surface area contributed by atoms with Gasteiger partial charge in [0, 0.05) is 24.7 Å². The van der Waals surface area contributed by atoms with Crippen LogP contribution in [0.15, 0.2) is 0 Å². The van der Waals surface area contributed by atoms with E-state index in [1.54, 1.807) is 0 Å². The second-order valence-electron chi connectivity index (χ2n) is 16.4. The molecule has 1 unspecified atom stereocenters. The Labute approximate surface area is 236 Å². The van der Waals surface area contributed by atoms with Gasteiger partial charge in [-0.3, -0.25) is 14.4 Å².